The van der Waals surface area contributed by atoms with Crippen LogP contribution in [0.3, 0.4) is 0 Å². The number of rotatable bonds is 3. The van der Waals surface area contributed by atoms with Crippen molar-refractivity contribution >= 4 is 37.8 Å². The maximum absolute atomic E-state index is 11.9. The molecule has 0 heterocycles. The van der Waals surface area contributed by atoms with Crippen LogP contribution >= 0.6 is 31.9 Å². The summed E-state index contributed by atoms with van der Waals surface area (Å²) in [6.07, 6.45) is 7.17. The first kappa shape index (κ1) is 15.0. The van der Waals surface area contributed by atoms with E-state index in [0.717, 1.165) is 38.5 Å². The highest BCUT2D eigenvalue weighted by atomic mass is 79.9. The number of nitriles is 1. The SMILES string of the molecule is N#CC1(NC(=O)C(Br)CBr)CCCCCCC1. The minimum absolute atomic E-state index is 0.0935. The summed E-state index contributed by atoms with van der Waals surface area (Å²) in [5.41, 5.74) is -0.647. The lowest BCUT2D eigenvalue weighted by molar-refractivity contribution is -0.121. The molecule has 96 valence electrons. The van der Waals surface area contributed by atoms with E-state index in [4.69, 9.17) is 0 Å². The van der Waals surface area contributed by atoms with E-state index in [1.54, 1.807) is 0 Å². The average Bonchev–Trinajstić information content (AvgIpc) is 2.31. The van der Waals surface area contributed by atoms with Gasteiger partial charge in [-0.15, -0.1) is 0 Å². The molecule has 1 fully saturated rings. The molecule has 3 nitrogen and oxygen atoms in total. The van der Waals surface area contributed by atoms with Gasteiger partial charge in [-0.3, -0.25) is 4.79 Å². The molecule has 0 spiro atoms. The van der Waals surface area contributed by atoms with Gasteiger partial charge in [0.1, 0.15) is 10.4 Å². The molecule has 1 amide bonds. The van der Waals surface area contributed by atoms with Gasteiger partial charge in [0, 0.05) is 5.33 Å². The van der Waals surface area contributed by atoms with E-state index >= 15 is 0 Å². The van der Waals surface area contributed by atoms with Crippen molar-refractivity contribution in [2.45, 2.75) is 55.3 Å². The van der Waals surface area contributed by atoms with E-state index < -0.39 is 5.54 Å². The molecule has 0 aromatic carbocycles. The Bertz CT molecular complexity index is 293. The number of nitrogens with one attached hydrogen (secondary N) is 1. The summed E-state index contributed by atoms with van der Waals surface area (Å²) in [5.74, 6) is -0.0935. The Morgan fingerprint density at radius 3 is 2.29 bits per heavy atom. The molecule has 1 rings (SSSR count). The van der Waals surface area contributed by atoms with Gasteiger partial charge in [-0.05, 0) is 12.8 Å². The highest BCUT2D eigenvalue weighted by Crippen LogP contribution is 2.26. The number of hydrogen-bond donors (Lipinski definition) is 1. The van der Waals surface area contributed by atoms with Crippen LogP contribution < -0.4 is 5.32 Å². The predicted molar refractivity (Wildman–Crippen MR) is 75.3 cm³/mol. The van der Waals surface area contributed by atoms with Crippen molar-refractivity contribution in [3.05, 3.63) is 0 Å². The van der Waals surface area contributed by atoms with Gasteiger partial charge < -0.3 is 5.32 Å². The molecule has 0 aliphatic heterocycles. The summed E-state index contributed by atoms with van der Waals surface area (Å²) in [5, 5.41) is 12.8. The lowest BCUT2D eigenvalue weighted by Gasteiger charge is -2.30. The van der Waals surface area contributed by atoms with E-state index in [9.17, 15) is 10.1 Å². The van der Waals surface area contributed by atoms with E-state index in [1.807, 2.05) is 0 Å². The molecule has 0 saturated heterocycles. The van der Waals surface area contributed by atoms with Crippen LogP contribution in [-0.4, -0.2) is 21.6 Å². The Labute approximate surface area is 120 Å². The Balaban J connectivity index is 2.66. The summed E-state index contributed by atoms with van der Waals surface area (Å²) in [7, 11) is 0. The summed E-state index contributed by atoms with van der Waals surface area (Å²) in [6, 6.07) is 2.33. The summed E-state index contributed by atoms with van der Waals surface area (Å²) in [4.78, 5) is 11.6. The molecule has 1 aliphatic carbocycles. The third-order valence-electron chi connectivity index (χ3n) is 3.20. The van der Waals surface area contributed by atoms with Gasteiger partial charge in [-0.1, -0.05) is 64.0 Å². The molecule has 1 saturated carbocycles. The Kier molecular flexibility index (Phi) is 6.50. The second-order valence-corrected chi connectivity index (χ2v) is 6.33. The zero-order valence-electron chi connectivity index (χ0n) is 9.85. The third-order valence-corrected chi connectivity index (χ3v) is 5.46. The molecule has 0 aromatic heterocycles. The molecule has 0 radical (unpaired) electrons. The van der Waals surface area contributed by atoms with Gasteiger partial charge in [0.15, 0.2) is 0 Å². The first-order chi connectivity index (χ1) is 8.13. The number of nitrogens with zero attached hydrogens (tertiary/aromatic N) is 1. The van der Waals surface area contributed by atoms with Gasteiger partial charge in [0.25, 0.3) is 0 Å². The lowest BCUT2D eigenvalue weighted by atomic mass is 9.85. The lowest BCUT2D eigenvalue weighted by Crippen LogP contribution is -2.50. The summed E-state index contributed by atoms with van der Waals surface area (Å²) >= 11 is 6.55. The number of halogens is 2. The third kappa shape index (κ3) is 4.59. The summed E-state index contributed by atoms with van der Waals surface area (Å²) < 4.78 is 0. The van der Waals surface area contributed by atoms with Crippen molar-refractivity contribution in [1.29, 1.82) is 5.26 Å². The molecular weight excluding hydrogens is 348 g/mol. The van der Waals surface area contributed by atoms with Gasteiger partial charge >= 0.3 is 0 Å². The minimum Gasteiger partial charge on any atom is -0.337 e. The fourth-order valence-electron chi connectivity index (χ4n) is 2.16. The largest absolute Gasteiger partial charge is 0.337 e. The van der Waals surface area contributed by atoms with E-state index in [2.05, 4.69) is 43.2 Å². The maximum atomic E-state index is 11.9. The standard InChI is InChI=1S/C12H18Br2N2O/c13-8-10(14)11(17)16-12(9-15)6-4-2-1-3-5-7-12/h10H,1-8H2,(H,16,17). The van der Waals surface area contributed by atoms with Crippen molar-refractivity contribution in [2.75, 3.05) is 5.33 Å². The van der Waals surface area contributed by atoms with Crippen molar-refractivity contribution in [3.63, 3.8) is 0 Å². The van der Waals surface area contributed by atoms with Crippen LogP contribution in [0, 0.1) is 11.3 Å². The molecule has 0 bridgehead atoms. The number of alkyl halides is 2. The topological polar surface area (TPSA) is 52.9 Å². The molecule has 17 heavy (non-hydrogen) atoms. The van der Waals surface area contributed by atoms with E-state index in [1.165, 1.54) is 6.42 Å². The van der Waals surface area contributed by atoms with Gasteiger partial charge in [0.05, 0.1) is 6.07 Å². The van der Waals surface area contributed by atoms with Crippen molar-refractivity contribution in [1.82, 2.24) is 5.32 Å². The average molecular weight is 366 g/mol. The maximum Gasteiger partial charge on any atom is 0.235 e. The van der Waals surface area contributed by atoms with Crippen LogP contribution in [0.2, 0.25) is 0 Å². The molecule has 1 unspecified atom stereocenters. The Hall–Kier alpha value is -0.0800. The first-order valence-corrected chi connectivity index (χ1v) is 8.10. The van der Waals surface area contributed by atoms with Gasteiger partial charge in [-0.2, -0.15) is 5.26 Å². The molecule has 0 aromatic rings. The molecule has 5 heteroatoms. The fraction of sp³-hybridized carbons (Fsp3) is 0.833. The number of hydrogen-bond acceptors (Lipinski definition) is 2. The van der Waals surface area contributed by atoms with Crippen molar-refractivity contribution in [3.8, 4) is 6.07 Å². The normalized spacial score (nSPS) is 21.7. The van der Waals surface area contributed by atoms with Crippen LogP contribution in [0.1, 0.15) is 44.9 Å². The zero-order valence-corrected chi connectivity index (χ0v) is 13.0. The van der Waals surface area contributed by atoms with Crippen LogP contribution in [0.15, 0.2) is 0 Å². The molecule has 1 N–H and O–H groups in total. The minimum atomic E-state index is -0.647. The van der Waals surface area contributed by atoms with Crippen molar-refractivity contribution < 1.29 is 4.79 Å². The highest BCUT2D eigenvalue weighted by Gasteiger charge is 2.33. The second-order valence-electron chi connectivity index (χ2n) is 4.57. The number of carbonyl (C=O) groups is 1. The predicted octanol–water partition coefficient (Wildman–Crippen LogP) is 3.27. The molecule has 1 atom stereocenters. The quantitative estimate of drug-likeness (QED) is 0.780. The van der Waals surface area contributed by atoms with E-state index in [0.29, 0.717) is 5.33 Å². The van der Waals surface area contributed by atoms with Crippen LogP contribution in [0.4, 0.5) is 0 Å². The smallest absolute Gasteiger partial charge is 0.235 e. The number of carbonyl (C=O) groups excluding carboxylic acids is 1. The number of amides is 1. The first-order valence-electron chi connectivity index (χ1n) is 6.07. The Morgan fingerprint density at radius 1 is 1.29 bits per heavy atom. The monoisotopic (exact) mass is 364 g/mol. The van der Waals surface area contributed by atoms with Crippen LogP contribution in [-0.2, 0) is 4.79 Å². The van der Waals surface area contributed by atoms with E-state index in [-0.39, 0.29) is 10.7 Å². The molecule has 1 aliphatic rings. The highest BCUT2D eigenvalue weighted by molar-refractivity contribution is 9.12. The fourth-order valence-corrected chi connectivity index (χ4v) is 2.57. The zero-order chi connectivity index (χ0) is 12.7. The van der Waals surface area contributed by atoms with Crippen LogP contribution in [0.5, 0.6) is 0 Å². The summed E-state index contributed by atoms with van der Waals surface area (Å²) in [6.45, 7) is 0. The molecular formula is C12H18Br2N2O. The Morgan fingerprint density at radius 2 is 1.82 bits per heavy atom. The second kappa shape index (κ2) is 7.38. The van der Waals surface area contributed by atoms with Gasteiger partial charge in [0.2, 0.25) is 5.91 Å². The van der Waals surface area contributed by atoms with Gasteiger partial charge in [-0.25, -0.2) is 0 Å². The van der Waals surface area contributed by atoms with Crippen molar-refractivity contribution in [2.24, 2.45) is 0 Å². The van der Waals surface area contributed by atoms with Crippen LogP contribution in [0.25, 0.3) is 0 Å².